The molecule has 1 rings (SSSR count). The van der Waals surface area contributed by atoms with Crippen molar-refractivity contribution in [3.05, 3.63) is 0 Å². The molecule has 16 heavy (non-hydrogen) atoms. The van der Waals surface area contributed by atoms with Gasteiger partial charge in [0.2, 0.25) is 0 Å². The maximum atomic E-state index is 12.5. The van der Waals surface area contributed by atoms with Gasteiger partial charge in [0.05, 0.1) is 12.3 Å². The molecule has 0 radical (unpaired) electrons. The largest absolute Gasteiger partial charge is 0.481 e. The van der Waals surface area contributed by atoms with E-state index in [9.17, 15) is 18.0 Å². The van der Waals surface area contributed by atoms with Crippen molar-refractivity contribution in [2.75, 3.05) is 0 Å². The van der Waals surface area contributed by atoms with Crippen LogP contribution in [0.15, 0.2) is 0 Å². The molecule has 0 aromatic heterocycles. The van der Waals surface area contributed by atoms with Crippen molar-refractivity contribution in [1.82, 2.24) is 0 Å². The lowest BCUT2D eigenvalue weighted by molar-refractivity contribution is -0.186. The Morgan fingerprint density at radius 2 is 2.00 bits per heavy atom. The lowest BCUT2D eigenvalue weighted by Gasteiger charge is -2.33. The highest BCUT2D eigenvalue weighted by Crippen LogP contribution is 2.37. The molecule has 0 heterocycles. The van der Waals surface area contributed by atoms with Gasteiger partial charge in [-0.3, -0.25) is 4.79 Å². The number of rotatable bonds is 5. The van der Waals surface area contributed by atoms with Gasteiger partial charge in [0.25, 0.3) is 0 Å². The van der Waals surface area contributed by atoms with Gasteiger partial charge in [0.15, 0.2) is 0 Å². The van der Waals surface area contributed by atoms with Crippen molar-refractivity contribution >= 4 is 5.97 Å². The fraction of sp³-hybridized carbons (Fsp3) is 0.900. The van der Waals surface area contributed by atoms with Crippen molar-refractivity contribution in [1.29, 1.82) is 0 Å². The van der Waals surface area contributed by atoms with Crippen LogP contribution in [0.3, 0.4) is 0 Å². The minimum absolute atomic E-state index is 0.138. The van der Waals surface area contributed by atoms with Crippen LogP contribution >= 0.6 is 0 Å². The zero-order valence-electron chi connectivity index (χ0n) is 8.83. The summed E-state index contributed by atoms with van der Waals surface area (Å²) >= 11 is 0. The summed E-state index contributed by atoms with van der Waals surface area (Å²) in [6.45, 7) is 0. The first-order valence-electron chi connectivity index (χ1n) is 5.34. The standard InChI is InChI=1S/C10H16F3NO2/c11-10(12,13)7(5-9(15)16)4-8(14)6-2-1-3-6/h6-8H,1-5,14H2,(H,15,16)/t7-,8+/m0/s1. The van der Waals surface area contributed by atoms with E-state index in [4.69, 9.17) is 10.8 Å². The molecule has 0 aromatic carbocycles. The molecule has 1 saturated carbocycles. The molecule has 1 aliphatic rings. The second-order valence-electron chi connectivity index (χ2n) is 4.43. The van der Waals surface area contributed by atoms with Crippen molar-refractivity contribution in [2.45, 2.75) is 44.3 Å². The van der Waals surface area contributed by atoms with E-state index in [1.165, 1.54) is 0 Å². The third-order valence-corrected chi connectivity index (χ3v) is 3.20. The summed E-state index contributed by atoms with van der Waals surface area (Å²) in [7, 11) is 0. The van der Waals surface area contributed by atoms with Crippen LogP contribution in [0, 0.1) is 11.8 Å². The molecule has 0 saturated heterocycles. The van der Waals surface area contributed by atoms with Gasteiger partial charge in [-0.05, 0) is 25.2 Å². The van der Waals surface area contributed by atoms with Crippen molar-refractivity contribution in [2.24, 2.45) is 17.6 Å². The van der Waals surface area contributed by atoms with Crippen LogP contribution in [-0.4, -0.2) is 23.3 Å². The SMILES string of the molecule is N[C@H](C[C@@H](CC(=O)O)C(F)(F)F)C1CCC1. The summed E-state index contributed by atoms with van der Waals surface area (Å²) in [5, 5.41) is 8.43. The predicted molar refractivity (Wildman–Crippen MR) is 51.7 cm³/mol. The second kappa shape index (κ2) is 5.03. The van der Waals surface area contributed by atoms with Crippen LogP contribution in [0.1, 0.15) is 32.1 Å². The van der Waals surface area contributed by atoms with Crippen molar-refractivity contribution < 1.29 is 23.1 Å². The number of hydrogen-bond donors (Lipinski definition) is 2. The first kappa shape index (κ1) is 13.3. The quantitative estimate of drug-likeness (QED) is 0.772. The minimum Gasteiger partial charge on any atom is -0.481 e. The van der Waals surface area contributed by atoms with Crippen LogP contribution < -0.4 is 5.73 Å². The lowest BCUT2D eigenvalue weighted by Crippen LogP contribution is -2.39. The topological polar surface area (TPSA) is 63.3 Å². The molecule has 1 fully saturated rings. The van der Waals surface area contributed by atoms with E-state index in [2.05, 4.69) is 0 Å². The van der Waals surface area contributed by atoms with Crippen LogP contribution in [0.2, 0.25) is 0 Å². The Balaban J connectivity index is 2.51. The molecule has 0 spiro atoms. The Bertz CT molecular complexity index is 251. The molecular formula is C10H16F3NO2. The van der Waals surface area contributed by atoms with E-state index in [0.29, 0.717) is 0 Å². The molecule has 2 atom stereocenters. The number of alkyl halides is 3. The molecule has 0 amide bonds. The van der Waals surface area contributed by atoms with E-state index < -0.39 is 30.5 Å². The molecule has 0 bridgehead atoms. The third-order valence-electron chi connectivity index (χ3n) is 3.20. The maximum Gasteiger partial charge on any atom is 0.392 e. The van der Waals surface area contributed by atoms with Gasteiger partial charge < -0.3 is 10.8 Å². The monoisotopic (exact) mass is 239 g/mol. The van der Waals surface area contributed by atoms with E-state index in [-0.39, 0.29) is 12.3 Å². The number of nitrogens with two attached hydrogens (primary N) is 1. The summed E-state index contributed by atoms with van der Waals surface area (Å²) in [5.41, 5.74) is 5.66. The van der Waals surface area contributed by atoms with Gasteiger partial charge in [0.1, 0.15) is 0 Å². The molecule has 3 N–H and O–H groups in total. The molecule has 0 aliphatic heterocycles. The average Bonchev–Trinajstić information content (AvgIpc) is 1.96. The molecule has 0 unspecified atom stereocenters. The van der Waals surface area contributed by atoms with Gasteiger partial charge in [-0.2, -0.15) is 13.2 Å². The van der Waals surface area contributed by atoms with E-state index >= 15 is 0 Å². The molecule has 1 aliphatic carbocycles. The van der Waals surface area contributed by atoms with Crippen molar-refractivity contribution in [3.63, 3.8) is 0 Å². The van der Waals surface area contributed by atoms with E-state index in [1.807, 2.05) is 0 Å². The van der Waals surface area contributed by atoms with Gasteiger partial charge in [-0.1, -0.05) is 6.42 Å². The molecule has 6 heteroatoms. The minimum atomic E-state index is -4.47. The van der Waals surface area contributed by atoms with Crippen LogP contribution in [0.5, 0.6) is 0 Å². The predicted octanol–water partition coefficient (Wildman–Crippen LogP) is 2.16. The van der Waals surface area contributed by atoms with Gasteiger partial charge in [-0.25, -0.2) is 0 Å². The first-order valence-corrected chi connectivity index (χ1v) is 5.34. The van der Waals surface area contributed by atoms with Crippen LogP contribution in [0.25, 0.3) is 0 Å². The van der Waals surface area contributed by atoms with Gasteiger partial charge in [-0.15, -0.1) is 0 Å². The molecule has 0 aromatic rings. The maximum absolute atomic E-state index is 12.5. The fourth-order valence-electron chi connectivity index (χ4n) is 1.93. The lowest BCUT2D eigenvalue weighted by atomic mass is 9.76. The highest BCUT2D eigenvalue weighted by molar-refractivity contribution is 5.67. The number of carboxylic acids is 1. The van der Waals surface area contributed by atoms with E-state index in [1.54, 1.807) is 0 Å². The number of aliphatic carboxylic acids is 1. The zero-order chi connectivity index (χ0) is 12.3. The highest BCUT2D eigenvalue weighted by Gasteiger charge is 2.42. The van der Waals surface area contributed by atoms with Crippen LogP contribution in [0.4, 0.5) is 13.2 Å². The summed E-state index contributed by atoms with van der Waals surface area (Å²) < 4.78 is 37.5. The Morgan fingerprint density at radius 3 is 2.31 bits per heavy atom. The van der Waals surface area contributed by atoms with Gasteiger partial charge >= 0.3 is 12.1 Å². The molecular weight excluding hydrogens is 223 g/mol. The summed E-state index contributed by atoms with van der Waals surface area (Å²) in [6.07, 6.45) is -2.91. The third kappa shape index (κ3) is 3.66. The summed E-state index contributed by atoms with van der Waals surface area (Å²) in [5.74, 6) is -3.11. The smallest absolute Gasteiger partial charge is 0.392 e. The zero-order valence-corrected chi connectivity index (χ0v) is 8.83. The average molecular weight is 239 g/mol. The van der Waals surface area contributed by atoms with E-state index in [0.717, 1.165) is 19.3 Å². The summed E-state index contributed by atoms with van der Waals surface area (Å²) in [6, 6.07) is -0.528. The number of hydrogen-bond acceptors (Lipinski definition) is 2. The number of halogens is 3. The Labute approximate surface area is 91.8 Å². The molecule has 94 valence electrons. The molecule has 3 nitrogen and oxygen atoms in total. The second-order valence-corrected chi connectivity index (χ2v) is 4.43. The Hall–Kier alpha value is -0.780. The normalized spacial score (nSPS) is 21.2. The number of carbonyl (C=O) groups is 1. The highest BCUT2D eigenvalue weighted by atomic mass is 19.4. The van der Waals surface area contributed by atoms with Crippen molar-refractivity contribution in [3.8, 4) is 0 Å². The Kier molecular flexibility index (Phi) is 4.18. The number of carboxylic acid groups (broad SMARTS) is 1. The van der Waals surface area contributed by atoms with Crippen LogP contribution in [-0.2, 0) is 4.79 Å². The Morgan fingerprint density at radius 1 is 1.44 bits per heavy atom. The first-order chi connectivity index (χ1) is 7.30. The summed E-state index contributed by atoms with van der Waals surface area (Å²) in [4.78, 5) is 10.4. The fourth-order valence-corrected chi connectivity index (χ4v) is 1.93. The van der Waals surface area contributed by atoms with Gasteiger partial charge in [0, 0.05) is 6.04 Å².